The molecule has 0 aliphatic carbocycles. The molecule has 6 heterocycles. The minimum Gasteiger partial charge on any atom is -0.368 e. The van der Waals surface area contributed by atoms with Crippen molar-refractivity contribution in [3.8, 4) is 5.82 Å². The Balaban J connectivity index is 1.59. The maximum atomic E-state index is 13.8. The summed E-state index contributed by atoms with van der Waals surface area (Å²) in [4.78, 5) is 42.6. The third-order valence-electron chi connectivity index (χ3n) is 7.42. The summed E-state index contributed by atoms with van der Waals surface area (Å²) in [5, 5.41) is 5.37. The predicted octanol–water partition coefficient (Wildman–Crippen LogP) is 2.64. The average molecular weight is 562 g/mol. The van der Waals surface area contributed by atoms with Gasteiger partial charge in [-0.1, -0.05) is 43.7 Å². The van der Waals surface area contributed by atoms with Crippen molar-refractivity contribution in [1.82, 2.24) is 33.7 Å². The second-order valence-corrected chi connectivity index (χ2v) is 10.7. The van der Waals surface area contributed by atoms with Crippen molar-refractivity contribution < 1.29 is 0 Å². The molecular weight excluding hydrogens is 538 g/mol. The lowest BCUT2D eigenvalue weighted by Gasteiger charge is -2.29. The number of hydrogen-bond donors (Lipinski definition) is 1. The summed E-state index contributed by atoms with van der Waals surface area (Å²) in [5.74, 6) is 1.26. The first-order valence-corrected chi connectivity index (χ1v) is 13.1. The maximum absolute atomic E-state index is 13.8. The fourth-order valence-corrected chi connectivity index (χ4v) is 5.95. The molecular formula is C26H24ClN9O2S. The number of nitrogen functional groups attached to an aromatic ring is 1. The molecule has 13 heteroatoms. The van der Waals surface area contributed by atoms with Gasteiger partial charge in [-0.3, -0.25) is 9.59 Å². The highest BCUT2D eigenvalue weighted by Crippen LogP contribution is 2.37. The largest absolute Gasteiger partial charge is 0.368 e. The Hall–Kier alpha value is -4.16. The van der Waals surface area contributed by atoms with E-state index in [4.69, 9.17) is 34.7 Å². The van der Waals surface area contributed by atoms with E-state index < -0.39 is 11.6 Å². The van der Waals surface area contributed by atoms with Crippen LogP contribution in [0.4, 0.5) is 11.8 Å². The monoisotopic (exact) mass is 561 g/mol. The molecule has 0 amide bonds. The van der Waals surface area contributed by atoms with Crippen LogP contribution in [-0.2, 0) is 7.05 Å². The lowest BCUT2D eigenvalue weighted by atomic mass is 9.92. The molecule has 2 unspecified atom stereocenters. The summed E-state index contributed by atoms with van der Waals surface area (Å²) in [6.45, 7) is 4.75. The Morgan fingerprint density at radius 1 is 1.10 bits per heavy atom. The van der Waals surface area contributed by atoms with E-state index in [-0.39, 0.29) is 39.7 Å². The van der Waals surface area contributed by atoms with Gasteiger partial charge in [-0.05, 0) is 36.1 Å². The van der Waals surface area contributed by atoms with Crippen molar-refractivity contribution in [3.05, 3.63) is 80.5 Å². The lowest BCUT2D eigenvalue weighted by molar-refractivity contribution is 0.470. The highest BCUT2D eigenvalue weighted by Gasteiger charge is 2.43. The SMILES string of the molecule is CC1C(C(=S)c2nn3ccc(Cl)c3c(=O)n2-c2ccccn2)N(c2nc(N)nc3ccn(C)c(=O)c23)C[C@@H]1C. The molecule has 0 aromatic carbocycles. The van der Waals surface area contributed by atoms with Gasteiger partial charge in [-0.15, -0.1) is 5.10 Å². The topological polar surface area (TPSA) is 129 Å². The average Bonchev–Trinajstić information content (AvgIpc) is 3.44. The Labute approximate surface area is 232 Å². The van der Waals surface area contributed by atoms with Gasteiger partial charge in [0, 0.05) is 32.2 Å². The van der Waals surface area contributed by atoms with Crippen molar-refractivity contribution in [1.29, 1.82) is 0 Å². The van der Waals surface area contributed by atoms with Gasteiger partial charge in [0.05, 0.1) is 21.4 Å². The third kappa shape index (κ3) is 3.90. The number of fused-ring (bicyclic) bond motifs is 2. The Morgan fingerprint density at radius 2 is 1.90 bits per heavy atom. The Bertz CT molecular complexity index is 1900. The molecule has 1 fully saturated rings. The van der Waals surface area contributed by atoms with E-state index in [0.717, 1.165) is 0 Å². The van der Waals surface area contributed by atoms with Gasteiger partial charge in [0.1, 0.15) is 22.5 Å². The Kier molecular flexibility index (Phi) is 5.96. The minimum absolute atomic E-state index is 0.0225. The zero-order valence-electron chi connectivity index (χ0n) is 21.3. The van der Waals surface area contributed by atoms with Crippen LogP contribution >= 0.6 is 23.8 Å². The van der Waals surface area contributed by atoms with Gasteiger partial charge in [0.2, 0.25) is 5.95 Å². The van der Waals surface area contributed by atoms with Gasteiger partial charge < -0.3 is 15.2 Å². The number of nitrogens with zero attached hydrogens (tertiary/aromatic N) is 8. The van der Waals surface area contributed by atoms with Crippen LogP contribution in [0, 0.1) is 11.8 Å². The molecule has 11 nitrogen and oxygen atoms in total. The summed E-state index contributed by atoms with van der Waals surface area (Å²) in [6.07, 6.45) is 4.86. The van der Waals surface area contributed by atoms with E-state index in [0.29, 0.717) is 33.9 Å². The molecule has 39 heavy (non-hydrogen) atoms. The van der Waals surface area contributed by atoms with E-state index in [2.05, 4.69) is 28.8 Å². The zero-order valence-corrected chi connectivity index (χ0v) is 22.9. The molecule has 1 aliphatic heterocycles. The van der Waals surface area contributed by atoms with E-state index in [9.17, 15) is 9.59 Å². The fraction of sp³-hybridized carbons (Fsp3) is 0.269. The van der Waals surface area contributed by atoms with Gasteiger partial charge in [0.15, 0.2) is 5.82 Å². The number of aromatic nitrogens is 7. The normalized spacial score (nSPS) is 19.3. The fourth-order valence-electron chi connectivity index (χ4n) is 5.25. The van der Waals surface area contributed by atoms with Crippen molar-refractivity contribution in [3.63, 3.8) is 0 Å². The molecule has 1 saturated heterocycles. The molecule has 2 N–H and O–H groups in total. The van der Waals surface area contributed by atoms with Crippen molar-refractivity contribution in [2.75, 3.05) is 17.2 Å². The molecule has 5 aromatic heterocycles. The van der Waals surface area contributed by atoms with Crippen LogP contribution < -0.4 is 21.8 Å². The van der Waals surface area contributed by atoms with Gasteiger partial charge in [-0.25, -0.2) is 19.1 Å². The standard InChI is InChI=1S/C26H24ClN9O2S/c1-13-12-34(22-18-16(30-26(28)31-22)8-10-33(3)24(18)37)19(14(13)2)21(39)23-32-35-11-7-15(27)20(35)25(38)36(23)17-6-4-5-9-29-17/h4-11,13-14,19H,12H2,1-3H3,(H2,28,30,31)/t13-,14?,19?/m0/s1. The molecule has 6 rings (SSSR count). The lowest BCUT2D eigenvalue weighted by Crippen LogP contribution is -2.43. The van der Waals surface area contributed by atoms with E-state index in [1.165, 1.54) is 13.6 Å². The molecule has 0 bridgehead atoms. The van der Waals surface area contributed by atoms with Crippen LogP contribution in [0.25, 0.3) is 22.2 Å². The first-order chi connectivity index (χ1) is 18.7. The summed E-state index contributed by atoms with van der Waals surface area (Å²) >= 11 is 12.5. The number of hydrogen-bond acceptors (Lipinski definition) is 9. The van der Waals surface area contributed by atoms with Crippen LogP contribution in [0.3, 0.4) is 0 Å². The second-order valence-electron chi connectivity index (χ2n) is 9.80. The third-order valence-corrected chi connectivity index (χ3v) is 8.15. The number of rotatable bonds is 4. The smallest absolute Gasteiger partial charge is 0.285 e. The molecule has 1 aliphatic rings. The van der Waals surface area contributed by atoms with Gasteiger partial charge >= 0.3 is 0 Å². The summed E-state index contributed by atoms with van der Waals surface area (Å²) < 4.78 is 4.31. The van der Waals surface area contributed by atoms with Crippen LogP contribution in [0.1, 0.15) is 19.7 Å². The summed E-state index contributed by atoms with van der Waals surface area (Å²) in [7, 11) is 1.67. The molecule has 3 atom stereocenters. The first-order valence-electron chi connectivity index (χ1n) is 12.3. The van der Waals surface area contributed by atoms with Crippen molar-refractivity contribution in [2.45, 2.75) is 19.9 Å². The number of halogens is 1. The molecule has 0 saturated carbocycles. The number of aryl methyl sites for hydroxylation is 1. The predicted molar refractivity (Wildman–Crippen MR) is 154 cm³/mol. The molecule has 5 aromatic rings. The molecule has 198 valence electrons. The van der Waals surface area contributed by atoms with Crippen LogP contribution in [0.15, 0.2) is 58.5 Å². The van der Waals surface area contributed by atoms with E-state index >= 15 is 0 Å². The number of nitrogens with two attached hydrogens (primary N) is 1. The maximum Gasteiger partial charge on any atom is 0.285 e. The number of thiocarbonyl (C=S) groups is 1. The minimum atomic E-state index is -0.442. The van der Waals surface area contributed by atoms with Gasteiger partial charge in [-0.2, -0.15) is 4.98 Å². The van der Waals surface area contributed by atoms with E-state index in [1.807, 2.05) is 4.90 Å². The van der Waals surface area contributed by atoms with Crippen molar-refractivity contribution in [2.24, 2.45) is 18.9 Å². The summed E-state index contributed by atoms with van der Waals surface area (Å²) in [6, 6.07) is 8.16. The Morgan fingerprint density at radius 3 is 2.64 bits per heavy atom. The quantitative estimate of drug-likeness (QED) is 0.260. The molecule has 0 radical (unpaired) electrons. The highest BCUT2D eigenvalue weighted by atomic mass is 35.5. The number of anilines is 2. The van der Waals surface area contributed by atoms with Crippen LogP contribution in [0.5, 0.6) is 0 Å². The summed E-state index contributed by atoms with van der Waals surface area (Å²) in [5.41, 5.74) is 6.12. The van der Waals surface area contributed by atoms with E-state index in [1.54, 1.807) is 56.0 Å². The number of pyridine rings is 2. The van der Waals surface area contributed by atoms with Crippen LogP contribution in [-0.4, -0.2) is 51.2 Å². The highest BCUT2D eigenvalue weighted by molar-refractivity contribution is 7.81. The molecule has 0 spiro atoms. The van der Waals surface area contributed by atoms with Gasteiger partial charge in [0.25, 0.3) is 11.1 Å². The first kappa shape index (κ1) is 25.1. The van der Waals surface area contributed by atoms with Crippen LogP contribution in [0.2, 0.25) is 5.02 Å². The van der Waals surface area contributed by atoms with Crippen molar-refractivity contribution >= 4 is 56.9 Å². The second kappa shape index (κ2) is 9.24. The zero-order chi connectivity index (χ0) is 27.6.